The molecule has 4 rings (SSSR count). The van der Waals surface area contributed by atoms with Crippen LogP contribution in [0.2, 0.25) is 0 Å². The third-order valence-corrected chi connectivity index (χ3v) is 5.88. The summed E-state index contributed by atoms with van der Waals surface area (Å²) >= 11 is 0. The van der Waals surface area contributed by atoms with Crippen molar-refractivity contribution in [2.24, 2.45) is 0 Å². The van der Waals surface area contributed by atoms with Gasteiger partial charge in [0.25, 0.3) is 0 Å². The molecule has 3 aromatic heterocycles. The number of aromatic nitrogens is 3. The fourth-order valence-corrected chi connectivity index (χ4v) is 4.38. The molecule has 0 radical (unpaired) electrons. The number of nitriles is 1. The van der Waals surface area contributed by atoms with Gasteiger partial charge in [-0.25, -0.2) is 4.98 Å². The second kappa shape index (κ2) is 11.0. The number of hydrogen-bond acceptors (Lipinski definition) is 7. The van der Waals surface area contributed by atoms with E-state index in [2.05, 4.69) is 21.4 Å². The monoisotopic (exact) mass is 491 g/mol. The molecule has 3 heterocycles. The lowest BCUT2D eigenvalue weighted by Gasteiger charge is -2.35. The van der Waals surface area contributed by atoms with Gasteiger partial charge in [0.2, 0.25) is 0 Å². The van der Waals surface area contributed by atoms with Crippen molar-refractivity contribution < 1.29 is 9.53 Å². The predicted octanol–water partition coefficient (Wildman–Crippen LogP) is 5.07. The molecule has 0 aliphatic carbocycles. The SMILES string of the molecule is CC(C)(C)OC(=O)CNc1cccc(CC(c2cccnc2)(c2cccnc2)c2cccc(C#N)c2)n1. The summed E-state index contributed by atoms with van der Waals surface area (Å²) in [7, 11) is 0. The number of ether oxygens (including phenoxy) is 1. The van der Waals surface area contributed by atoms with Gasteiger partial charge < -0.3 is 10.1 Å². The van der Waals surface area contributed by atoms with Crippen LogP contribution in [0, 0.1) is 11.3 Å². The minimum atomic E-state index is -0.716. The molecule has 0 bridgehead atoms. The molecule has 7 nitrogen and oxygen atoms in total. The Balaban J connectivity index is 1.78. The van der Waals surface area contributed by atoms with Gasteiger partial charge >= 0.3 is 5.97 Å². The largest absolute Gasteiger partial charge is 0.459 e. The van der Waals surface area contributed by atoms with Crippen LogP contribution < -0.4 is 5.32 Å². The molecule has 0 atom stereocenters. The zero-order valence-electron chi connectivity index (χ0n) is 21.2. The second-order valence-electron chi connectivity index (χ2n) is 9.71. The second-order valence-corrected chi connectivity index (χ2v) is 9.71. The first-order chi connectivity index (χ1) is 17.8. The molecule has 37 heavy (non-hydrogen) atoms. The molecule has 0 aliphatic heterocycles. The molecule has 0 unspecified atom stereocenters. The van der Waals surface area contributed by atoms with Gasteiger partial charge in [-0.3, -0.25) is 14.8 Å². The molecule has 0 spiro atoms. The van der Waals surface area contributed by atoms with Crippen LogP contribution in [0.25, 0.3) is 0 Å². The lowest BCUT2D eigenvalue weighted by molar-refractivity contribution is -0.152. The Kier molecular flexibility index (Phi) is 7.59. The van der Waals surface area contributed by atoms with Gasteiger partial charge in [0.15, 0.2) is 0 Å². The van der Waals surface area contributed by atoms with E-state index in [9.17, 15) is 10.1 Å². The van der Waals surface area contributed by atoms with E-state index in [1.165, 1.54) is 0 Å². The number of nitrogens with zero attached hydrogens (tertiary/aromatic N) is 4. The Morgan fingerprint density at radius 2 is 1.57 bits per heavy atom. The smallest absolute Gasteiger partial charge is 0.325 e. The van der Waals surface area contributed by atoms with E-state index in [1.807, 2.05) is 93.8 Å². The molecule has 0 saturated heterocycles. The van der Waals surface area contributed by atoms with Crippen molar-refractivity contribution in [3.8, 4) is 6.07 Å². The highest BCUT2D eigenvalue weighted by Crippen LogP contribution is 2.41. The van der Waals surface area contributed by atoms with Gasteiger partial charge in [-0.15, -0.1) is 0 Å². The van der Waals surface area contributed by atoms with E-state index in [0.717, 1.165) is 22.4 Å². The number of rotatable bonds is 8. The number of hydrogen-bond donors (Lipinski definition) is 1. The van der Waals surface area contributed by atoms with E-state index in [4.69, 9.17) is 9.72 Å². The van der Waals surface area contributed by atoms with Crippen LogP contribution in [0.4, 0.5) is 5.82 Å². The third kappa shape index (κ3) is 6.17. The van der Waals surface area contributed by atoms with Crippen LogP contribution in [-0.2, 0) is 21.4 Å². The summed E-state index contributed by atoms with van der Waals surface area (Å²) in [5.74, 6) is 0.216. The lowest BCUT2D eigenvalue weighted by atomic mass is 9.67. The standard InChI is InChI=1S/C30H29N5O2/c1-29(2,3)37-28(36)21-34-27-13-5-12-26(35-27)17-30(24-10-6-14-32-19-24,25-11-7-15-33-20-25)23-9-4-8-22(16-23)18-31/h4-16,19-20H,17,21H2,1-3H3,(H,34,35). The molecule has 0 fully saturated rings. The molecular weight excluding hydrogens is 462 g/mol. The van der Waals surface area contributed by atoms with Gasteiger partial charge in [-0.2, -0.15) is 5.26 Å². The summed E-state index contributed by atoms with van der Waals surface area (Å²) in [6, 6.07) is 23.4. The van der Waals surface area contributed by atoms with Crippen molar-refractivity contribution in [1.82, 2.24) is 15.0 Å². The van der Waals surface area contributed by atoms with Gasteiger partial charge in [0, 0.05) is 36.9 Å². The molecule has 7 heteroatoms. The number of pyridine rings is 3. The first kappa shape index (κ1) is 25.5. The quantitative estimate of drug-likeness (QED) is 0.343. The zero-order chi connectivity index (χ0) is 26.3. The molecule has 0 aliphatic rings. The van der Waals surface area contributed by atoms with E-state index < -0.39 is 11.0 Å². The van der Waals surface area contributed by atoms with Crippen LogP contribution in [0.5, 0.6) is 0 Å². The van der Waals surface area contributed by atoms with Gasteiger partial charge in [0.05, 0.1) is 17.0 Å². The van der Waals surface area contributed by atoms with Crippen LogP contribution in [0.3, 0.4) is 0 Å². The minimum Gasteiger partial charge on any atom is -0.459 e. The van der Waals surface area contributed by atoms with Crippen molar-refractivity contribution in [2.45, 2.75) is 38.2 Å². The highest BCUT2D eigenvalue weighted by Gasteiger charge is 2.38. The summed E-state index contributed by atoms with van der Waals surface area (Å²) in [5, 5.41) is 12.7. The summed E-state index contributed by atoms with van der Waals surface area (Å²) in [6.07, 6.45) is 7.64. The number of nitrogens with one attached hydrogen (secondary N) is 1. The van der Waals surface area contributed by atoms with Crippen molar-refractivity contribution >= 4 is 11.8 Å². The summed E-state index contributed by atoms with van der Waals surface area (Å²) in [4.78, 5) is 25.9. The summed E-state index contributed by atoms with van der Waals surface area (Å²) < 4.78 is 5.40. The fraction of sp³-hybridized carbons (Fsp3) is 0.233. The Morgan fingerprint density at radius 3 is 2.16 bits per heavy atom. The number of esters is 1. The average Bonchev–Trinajstić information content (AvgIpc) is 2.91. The predicted molar refractivity (Wildman–Crippen MR) is 142 cm³/mol. The van der Waals surface area contributed by atoms with Crippen molar-refractivity contribution in [2.75, 3.05) is 11.9 Å². The van der Waals surface area contributed by atoms with E-state index >= 15 is 0 Å². The van der Waals surface area contributed by atoms with Crippen LogP contribution >= 0.6 is 0 Å². The lowest BCUT2D eigenvalue weighted by Crippen LogP contribution is -2.33. The number of anilines is 1. The highest BCUT2D eigenvalue weighted by molar-refractivity contribution is 5.75. The Morgan fingerprint density at radius 1 is 0.919 bits per heavy atom. The first-order valence-electron chi connectivity index (χ1n) is 12.0. The fourth-order valence-electron chi connectivity index (χ4n) is 4.38. The highest BCUT2D eigenvalue weighted by atomic mass is 16.6. The Hall–Kier alpha value is -4.57. The van der Waals surface area contributed by atoms with E-state index in [0.29, 0.717) is 17.8 Å². The maximum Gasteiger partial charge on any atom is 0.325 e. The Labute approximate surface area is 217 Å². The first-order valence-corrected chi connectivity index (χ1v) is 12.0. The van der Waals surface area contributed by atoms with Crippen LogP contribution in [-0.4, -0.2) is 33.1 Å². The van der Waals surface area contributed by atoms with Crippen LogP contribution in [0.1, 0.15) is 48.7 Å². The average molecular weight is 492 g/mol. The molecule has 0 amide bonds. The molecule has 1 N–H and O–H groups in total. The molecule has 186 valence electrons. The van der Waals surface area contributed by atoms with Crippen molar-refractivity contribution in [3.05, 3.63) is 119 Å². The van der Waals surface area contributed by atoms with Crippen LogP contribution in [0.15, 0.2) is 91.5 Å². The van der Waals surface area contributed by atoms with E-state index in [-0.39, 0.29) is 12.5 Å². The molecule has 1 aromatic carbocycles. The number of benzene rings is 1. The number of carbonyl (C=O) groups excluding carboxylic acids is 1. The molecule has 0 saturated carbocycles. The topological polar surface area (TPSA) is 101 Å². The van der Waals surface area contributed by atoms with E-state index in [1.54, 1.807) is 18.5 Å². The summed E-state index contributed by atoms with van der Waals surface area (Å²) in [6.45, 7) is 5.51. The maximum absolute atomic E-state index is 12.2. The third-order valence-electron chi connectivity index (χ3n) is 5.88. The normalized spacial score (nSPS) is 11.4. The van der Waals surface area contributed by atoms with Gasteiger partial charge in [-0.1, -0.05) is 30.3 Å². The molecule has 4 aromatic rings. The maximum atomic E-state index is 12.2. The summed E-state index contributed by atoms with van der Waals surface area (Å²) in [5.41, 5.74) is 2.92. The van der Waals surface area contributed by atoms with Gasteiger partial charge in [0.1, 0.15) is 18.0 Å². The zero-order valence-corrected chi connectivity index (χ0v) is 21.2. The Bertz CT molecular complexity index is 1350. The number of carbonyl (C=O) groups is 1. The molecular formula is C30H29N5O2. The minimum absolute atomic E-state index is 0.00823. The van der Waals surface area contributed by atoms with Gasteiger partial charge in [-0.05, 0) is 73.9 Å². The van der Waals surface area contributed by atoms with Crippen molar-refractivity contribution in [3.63, 3.8) is 0 Å². The van der Waals surface area contributed by atoms with Crippen molar-refractivity contribution in [1.29, 1.82) is 5.26 Å².